The highest BCUT2D eigenvalue weighted by Gasteiger charge is 2.16. The number of aryl methyl sites for hydroxylation is 1. The molecular weight excluding hydrogens is 472 g/mol. The highest BCUT2D eigenvalue weighted by atomic mass is 79.9. The van der Waals surface area contributed by atoms with Crippen molar-refractivity contribution in [3.8, 4) is 11.5 Å². The summed E-state index contributed by atoms with van der Waals surface area (Å²) in [5.74, 6) is -0.365. The topological polar surface area (TPSA) is 90.1 Å². The Morgan fingerprint density at radius 2 is 2.07 bits per heavy atom. The third-order valence-corrected chi connectivity index (χ3v) is 6.75. The van der Waals surface area contributed by atoms with Crippen LogP contribution in [0.2, 0.25) is 0 Å². The van der Waals surface area contributed by atoms with Crippen molar-refractivity contribution in [2.24, 2.45) is 0 Å². The minimum Gasteiger partial charge on any atom is -0.493 e. The van der Waals surface area contributed by atoms with Gasteiger partial charge in [-0.3, -0.25) is 4.79 Å². The number of fused-ring (bicyclic) bond motifs is 3. The smallest absolute Gasteiger partial charge is 0.341 e. The summed E-state index contributed by atoms with van der Waals surface area (Å²) in [6.07, 6.45) is 1.76. The average molecular weight is 489 g/mol. The number of benzene rings is 2. The SMILES string of the molecule is COc1cc(C=c2sc3nc4c(Br)c(C)c(C)cc4n3c2=O)ccc1OCC(=O)O. The number of thiazole rings is 1. The maximum absolute atomic E-state index is 13.1. The Morgan fingerprint density at radius 3 is 2.77 bits per heavy atom. The molecule has 0 aliphatic carbocycles. The highest BCUT2D eigenvalue weighted by molar-refractivity contribution is 9.10. The normalized spacial score (nSPS) is 12.1. The number of nitrogens with zero attached hydrogens (tertiary/aromatic N) is 2. The lowest BCUT2D eigenvalue weighted by molar-refractivity contribution is -0.139. The van der Waals surface area contributed by atoms with Gasteiger partial charge in [-0.25, -0.2) is 14.2 Å². The van der Waals surface area contributed by atoms with Gasteiger partial charge in [0.15, 0.2) is 23.1 Å². The monoisotopic (exact) mass is 488 g/mol. The fraction of sp³-hybridized carbons (Fsp3) is 0.190. The number of aliphatic carboxylic acids is 1. The number of aromatic nitrogens is 2. The number of ether oxygens (including phenoxy) is 2. The van der Waals surface area contributed by atoms with Crippen molar-refractivity contribution in [2.75, 3.05) is 13.7 Å². The van der Waals surface area contributed by atoms with E-state index in [1.165, 1.54) is 18.4 Å². The van der Waals surface area contributed by atoms with Crippen LogP contribution in [-0.4, -0.2) is 34.2 Å². The van der Waals surface area contributed by atoms with E-state index in [0.29, 0.717) is 21.0 Å². The van der Waals surface area contributed by atoms with Crippen LogP contribution >= 0.6 is 27.3 Å². The van der Waals surface area contributed by atoms with E-state index in [1.807, 2.05) is 19.9 Å². The average Bonchev–Trinajstić information content (AvgIpc) is 3.22. The molecule has 2 heterocycles. The van der Waals surface area contributed by atoms with Gasteiger partial charge in [0.05, 0.1) is 17.2 Å². The number of imidazole rings is 1. The number of carboxylic acid groups (broad SMARTS) is 1. The first-order valence-corrected chi connectivity index (χ1v) is 10.6. The molecule has 0 atom stereocenters. The third-order valence-electron chi connectivity index (χ3n) is 4.82. The van der Waals surface area contributed by atoms with Crippen LogP contribution in [0.25, 0.3) is 22.1 Å². The van der Waals surface area contributed by atoms with E-state index in [-0.39, 0.29) is 5.56 Å². The van der Waals surface area contributed by atoms with Crippen LogP contribution < -0.4 is 19.6 Å². The second kappa shape index (κ2) is 7.73. The third kappa shape index (κ3) is 3.44. The lowest BCUT2D eigenvalue weighted by atomic mass is 10.1. The second-order valence-electron chi connectivity index (χ2n) is 6.74. The van der Waals surface area contributed by atoms with Crippen LogP contribution in [0.3, 0.4) is 0 Å². The molecule has 0 amide bonds. The number of halogens is 1. The Hall–Kier alpha value is -2.91. The molecule has 0 radical (unpaired) electrons. The first-order chi connectivity index (χ1) is 14.3. The quantitative estimate of drug-likeness (QED) is 0.463. The standard InChI is InChI=1S/C21H17BrN2O5S/c1-10-6-13-19(18(22)11(10)2)23-21-24(13)20(27)16(30-21)8-12-4-5-14(15(7-12)28-3)29-9-17(25)26/h4-8H,9H2,1-3H3,(H,25,26). The van der Waals surface area contributed by atoms with E-state index < -0.39 is 12.6 Å². The van der Waals surface area contributed by atoms with E-state index in [2.05, 4.69) is 20.9 Å². The molecule has 154 valence electrons. The van der Waals surface area contributed by atoms with Crippen LogP contribution in [0.15, 0.2) is 33.5 Å². The van der Waals surface area contributed by atoms with Crippen molar-refractivity contribution in [1.82, 2.24) is 9.38 Å². The zero-order chi connectivity index (χ0) is 21.6. The van der Waals surface area contributed by atoms with Gasteiger partial charge in [-0.15, -0.1) is 0 Å². The molecule has 4 rings (SSSR count). The maximum atomic E-state index is 13.1. The van der Waals surface area contributed by atoms with Gasteiger partial charge in [0.25, 0.3) is 5.56 Å². The molecule has 0 bridgehead atoms. The van der Waals surface area contributed by atoms with Crippen molar-refractivity contribution >= 4 is 55.3 Å². The Bertz CT molecular complexity index is 1420. The summed E-state index contributed by atoms with van der Waals surface area (Å²) in [7, 11) is 1.47. The number of hydrogen-bond acceptors (Lipinski definition) is 6. The molecular formula is C21H17BrN2O5S. The molecule has 0 saturated carbocycles. The Kier molecular flexibility index (Phi) is 5.25. The molecule has 30 heavy (non-hydrogen) atoms. The van der Waals surface area contributed by atoms with E-state index in [4.69, 9.17) is 14.6 Å². The van der Waals surface area contributed by atoms with E-state index >= 15 is 0 Å². The Balaban J connectivity index is 1.83. The van der Waals surface area contributed by atoms with Gasteiger partial charge in [0, 0.05) is 4.47 Å². The van der Waals surface area contributed by atoms with Gasteiger partial charge < -0.3 is 14.6 Å². The fourth-order valence-corrected chi connectivity index (χ4v) is 4.75. The maximum Gasteiger partial charge on any atom is 0.341 e. The van der Waals surface area contributed by atoms with Gasteiger partial charge in [0.2, 0.25) is 0 Å². The van der Waals surface area contributed by atoms with E-state index in [0.717, 1.165) is 32.2 Å². The summed E-state index contributed by atoms with van der Waals surface area (Å²) >= 11 is 4.90. The van der Waals surface area contributed by atoms with E-state index in [1.54, 1.807) is 28.7 Å². The fourth-order valence-electron chi connectivity index (χ4n) is 3.16. The predicted molar refractivity (Wildman–Crippen MR) is 119 cm³/mol. The molecule has 0 aliphatic rings. The van der Waals surface area contributed by atoms with Crippen LogP contribution in [0.4, 0.5) is 0 Å². The Labute approximate surface area is 183 Å². The van der Waals surface area contributed by atoms with Gasteiger partial charge in [0.1, 0.15) is 5.52 Å². The molecule has 4 aromatic rings. The summed E-state index contributed by atoms with van der Waals surface area (Å²) in [4.78, 5) is 29.1. The number of carboxylic acids is 1. The molecule has 0 saturated heterocycles. The molecule has 0 unspecified atom stereocenters. The largest absolute Gasteiger partial charge is 0.493 e. The van der Waals surface area contributed by atoms with Crippen LogP contribution in [0.5, 0.6) is 11.5 Å². The van der Waals surface area contributed by atoms with Crippen molar-refractivity contribution in [1.29, 1.82) is 0 Å². The van der Waals surface area contributed by atoms with Crippen molar-refractivity contribution in [3.63, 3.8) is 0 Å². The molecule has 0 spiro atoms. The lowest BCUT2D eigenvalue weighted by Gasteiger charge is -2.09. The first-order valence-electron chi connectivity index (χ1n) is 8.95. The summed E-state index contributed by atoms with van der Waals surface area (Å²) < 4.78 is 13.6. The number of carbonyl (C=O) groups is 1. The number of methoxy groups -OCH3 is 1. The van der Waals surface area contributed by atoms with Gasteiger partial charge in [-0.1, -0.05) is 17.4 Å². The summed E-state index contributed by atoms with van der Waals surface area (Å²) in [6, 6.07) is 7.03. The van der Waals surface area contributed by atoms with Gasteiger partial charge in [-0.2, -0.15) is 0 Å². The van der Waals surface area contributed by atoms with Crippen molar-refractivity contribution < 1.29 is 19.4 Å². The lowest BCUT2D eigenvalue weighted by Crippen LogP contribution is -2.22. The summed E-state index contributed by atoms with van der Waals surface area (Å²) in [5.41, 5.74) is 4.32. The number of rotatable bonds is 5. The molecule has 9 heteroatoms. The van der Waals surface area contributed by atoms with Crippen LogP contribution in [0, 0.1) is 13.8 Å². The number of hydrogen-bond donors (Lipinski definition) is 1. The minimum atomic E-state index is -1.07. The van der Waals surface area contributed by atoms with Crippen LogP contribution in [-0.2, 0) is 4.79 Å². The molecule has 1 N–H and O–H groups in total. The highest BCUT2D eigenvalue weighted by Crippen LogP contribution is 2.31. The van der Waals surface area contributed by atoms with Gasteiger partial charge >= 0.3 is 5.97 Å². The molecule has 0 aliphatic heterocycles. The summed E-state index contributed by atoms with van der Waals surface area (Å²) in [6.45, 7) is 3.55. The zero-order valence-corrected chi connectivity index (χ0v) is 18.8. The first kappa shape index (κ1) is 20.4. The van der Waals surface area contributed by atoms with Gasteiger partial charge in [-0.05, 0) is 70.7 Å². The summed E-state index contributed by atoms with van der Waals surface area (Å²) in [5, 5.41) is 8.78. The predicted octanol–water partition coefficient (Wildman–Crippen LogP) is 3.31. The molecule has 2 aromatic heterocycles. The molecule has 2 aromatic carbocycles. The Morgan fingerprint density at radius 1 is 1.30 bits per heavy atom. The molecule has 7 nitrogen and oxygen atoms in total. The van der Waals surface area contributed by atoms with E-state index in [9.17, 15) is 9.59 Å². The van der Waals surface area contributed by atoms with Crippen molar-refractivity contribution in [2.45, 2.75) is 13.8 Å². The molecule has 0 fully saturated rings. The second-order valence-corrected chi connectivity index (χ2v) is 8.54. The van der Waals surface area contributed by atoms with Crippen LogP contribution in [0.1, 0.15) is 16.7 Å². The minimum absolute atomic E-state index is 0.141. The zero-order valence-electron chi connectivity index (χ0n) is 16.4. The van der Waals surface area contributed by atoms with Crippen molar-refractivity contribution in [3.05, 3.63) is 60.3 Å².